The summed E-state index contributed by atoms with van der Waals surface area (Å²) in [5.41, 5.74) is 0.433. The molecule has 0 spiro atoms. The van der Waals surface area contributed by atoms with Crippen LogP contribution in [-0.4, -0.2) is 82.4 Å². The number of aliphatic hydroxyl groups excluding tert-OH is 3. The molecular formula is C10H14N4O9S. The summed E-state index contributed by atoms with van der Waals surface area (Å²) >= 11 is 0. The van der Waals surface area contributed by atoms with Gasteiger partial charge in [-0.3, -0.25) is 13.7 Å². The van der Waals surface area contributed by atoms with Gasteiger partial charge in [0.25, 0.3) is 0 Å². The van der Waals surface area contributed by atoms with E-state index in [1.54, 1.807) is 0 Å². The molecule has 0 saturated carbocycles. The molecule has 0 aromatic carbocycles. The molecule has 6 N–H and O–H groups in total. The molecule has 1 fully saturated rings. The van der Waals surface area contributed by atoms with Crippen LogP contribution in [0.15, 0.2) is 12.7 Å². The fourth-order valence-electron chi connectivity index (χ4n) is 2.14. The third kappa shape index (κ3) is 3.93. The maximum Gasteiger partial charge on any atom is 0.394 e. The van der Waals surface area contributed by atoms with Gasteiger partial charge >= 0.3 is 10.4 Å². The molecule has 3 heterocycles. The summed E-state index contributed by atoms with van der Waals surface area (Å²) in [6.45, 7) is -0.415. The van der Waals surface area contributed by atoms with E-state index < -0.39 is 41.5 Å². The molecule has 2 aromatic rings. The highest BCUT2D eigenvalue weighted by molar-refractivity contribution is 7.79. The molecule has 0 radical (unpaired) electrons. The molecule has 1 saturated heterocycles. The number of imidazole rings is 1. The number of ether oxygens (including phenoxy) is 1. The Kier molecular flexibility index (Phi) is 5.29. The maximum atomic E-state index is 9.92. The third-order valence-corrected chi connectivity index (χ3v) is 3.13. The van der Waals surface area contributed by atoms with Crippen molar-refractivity contribution in [3.8, 4) is 5.88 Å². The minimum Gasteiger partial charge on any atom is -0.492 e. The van der Waals surface area contributed by atoms with Crippen LogP contribution in [0.1, 0.15) is 6.23 Å². The van der Waals surface area contributed by atoms with Crippen molar-refractivity contribution in [2.75, 3.05) is 6.61 Å². The number of hydrogen-bond donors (Lipinski definition) is 6. The van der Waals surface area contributed by atoms with Crippen LogP contribution < -0.4 is 0 Å². The van der Waals surface area contributed by atoms with Crippen molar-refractivity contribution in [2.24, 2.45) is 0 Å². The Morgan fingerprint density at radius 2 is 1.79 bits per heavy atom. The molecular weight excluding hydrogens is 352 g/mol. The predicted octanol–water partition coefficient (Wildman–Crippen LogP) is -2.51. The van der Waals surface area contributed by atoms with E-state index in [-0.39, 0.29) is 17.0 Å². The van der Waals surface area contributed by atoms with Crippen LogP contribution in [0.4, 0.5) is 0 Å². The molecule has 14 heteroatoms. The molecule has 0 bridgehead atoms. The van der Waals surface area contributed by atoms with Gasteiger partial charge in [0.2, 0.25) is 5.88 Å². The maximum absolute atomic E-state index is 9.92. The van der Waals surface area contributed by atoms with Gasteiger partial charge in [0.15, 0.2) is 17.4 Å². The van der Waals surface area contributed by atoms with E-state index in [0.717, 1.165) is 6.33 Å². The molecule has 1 aliphatic rings. The van der Waals surface area contributed by atoms with Crippen LogP contribution in [0.2, 0.25) is 0 Å². The van der Waals surface area contributed by atoms with Crippen LogP contribution in [0.3, 0.4) is 0 Å². The Labute approximate surface area is 134 Å². The Morgan fingerprint density at radius 1 is 1.17 bits per heavy atom. The van der Waals surface area contributed by atoms with Gasteiger partial charge < -0.3 is 25.2 Å². The highest BCUT2D eigenvalue weighted by Gasteiger charge is 2.43. The zero-order valence-corrected chi connectivity index (χ0v) is 12.6. The van der Waals surface area contributed by atoms with E-state index in [0.29, 0.717) is 0 Å². The van der Waals surface area contributed by atoms with Gasteiger partial charge in [-0.1, -0.05) is 0 Å². The first kappa shape index (κ1) is 18.4. The average Bonchev–Trinajstić information content (AvgIpc) is 3.01. The Bertz CT molecular complexity index is 802. The lowest BCUT2D eigenvalue weighted by atomic mass is 10.1. The second-order valence-electron chi connectivity index (χ2n) is 4.70. The van der Waals surface area contributed by atoms with E-state index in [4.69, 9.17) is 27.4 Å². The number of rotatable bonds is 2. The standard InChI is InChI=1S/C10H12N4O5.H2O4S/c15-1-4-6(16)7(17)10(19-4)14-3-13-5-8(14)11-2-12-9(5)18;1-5(2,3)4/h2-4,6-7,10,15-17H,1H2,(H,11,12,18);(H2,1,2,3,4)/t4-,6-,7-,10-;/m1./s1. The number of fused-ring (bicyclic) bond motifs is 1. The molecule has 2 aromatic heterocycles. The molecule has 4 atom stereocenters. The van der Waals surface area contributed by atoms with Gasteiger partial charge in [-0.25, -0.2) is 9.97 Å². The molecule has 1 aliphatic heterocycles. The van der Waals surface area contributed by atoms with E-state index in [2.05, 4.69) is 15.0 Å². The number of nitrogens with zero attached hydrogens (tertiary/aromatic N) is 4. The first-order chi connectivity index (χ1) is 11.1. The molecule has 134 valence electrons. The molecule has 24 heavy (non-hydrogen) atoms. The van der Waals surface area contributed by atoms with Crippen molar-refractivity contribution in [1.82, 2.24) is 19.5 Å². The first-order valence-corrected chi connectivity index (χ1v) is 7.72. The van der Waals surface area contributed by atoms with E-state index in [9.17, 15) is 15.3 Å². The molecule has 0 aliphatic carbocycles. The van der Waals surface area contributed by atoms with E-state index >= 15 is 0 Å². The predicted molar refractivity (Wildman–Crippen MR) is 74.2 cm³/mol. The number of hydrogen-bond acceptors (Lipinski definition) is 10. The van der Waals surface area contributed by atoms with Crippen LogP contribution in [0.5, 0.6) is 5.88 Å². The van der Waals surface area contributed by atoms with Gasteiger partial charge in [-0.2, -0.15) is 13.4 Å². The monoisotopic (exact) mass is 366 g/mol. The summed E-state index contributed by atoms with van der Waals surface area (Å²) in [6.07, 6.45) is -1.79. The second kappa shape index (κ2) is 6.89. The van der Waals surface area contributed by atoms with Crippen LogP contribution in [-0.2, 0) is 15.1 Å². The van der Waals surface area contributed by atoms with Crippen LogP contribution in [0, 0.1) is 0 Å². The second-order valence-corrected chi connectivity index (χ2v) is 5.59. The van der Waals surface area contributed by atoms with E-state index in [1.165, 1.54) is 10.9 Å². The fourth-order valence-corrected chi connectivity index (χ4v) is 2.14. The lowest BCUT2D eigenvalue weighted by molar-refractivity contribution is -0.0511. The summed E-state index contributed by atoms with van der Waals surface area (Å²) in [5, 5.41) is 38.2. The summed E-state index contributed by atoms with van der Waals surface area (Å²) in [5.74, 6) is -0.282. The number of aromatic hydroxyl groups is 1. The Hall–Kier alpha value is -1.94. The lowest BCUT2D eigenvalue weighted by Gasteiger charge is -2.16. The number of aliphatic hydroxyl groups is 3. The molecule has 13 nitrogen and oxygen atoms in total. The van der Waals surface area contributed by atoms with Gasteiger partial charge in [-0.15, -0.1) is 0 Å². The Morgan fingerprint density at radius 3 is 2.33 bits per heavy atom. The van der Waals surface area contributed by atoms with Gasteiger partial charge in [0, 0.05) is 0 Å². The van der Waals surface area contributed by atoms with Crippen molar-refractivity contribution >= 4 is 21.6 Å². The minimum absolute atomic E-state index is 0.167. The largest absolute Gasteiger partial charge is 0.492 e. The highest BCUT2D eigenvalue weighted by atomic mass is 32.3. The SMILES string of the molecule is O=S(=O)(O)O.OC[C@H]1O[C@@H](n2cnc3c(O)ncnc32)[C@H](O)[C@@H]1O. The highest BCUT2D eigenvalue weighted by Crippen LogP contribution is 2.32. The van der Waals surface area contributed by atoms with Gasteiger partial charge in [0.1, 0.15) is 24.6 Å². The topological polar surface area (TPSA) is 208 Å². The molecule has 0 amide bonds. The third-order valence-electron chi connectivity index (χ3n) is 3.13. The van der Waals surface area contributed by atoms with Crippen molar-refractivity contribution in [2.45, 2.75) is 24.5 Å². The van der Waals surface area contributed by atoms with Crippen molar-refractivity contribution in [3.63, 3.8) is 0 Å². The van der Waals surface area contributed by atoms with Gasteiger partial charge in [0.05, 0.1) is 12.9 Å². The number of aromatic nitrogens is 4. The zero-order chi connectivity index (χ0) is 18.1. The molecule has 0 unspecified atom stereocenters. The van der Waals surface area contributed by atoms with E-state index in [1.807, 2.05) is 0 Å². The first-order valence-electron chi connectivity index (χ1n) is 6.32. The minimum atomic E-state index is -4.67. The smallest absolute Gasteiger partial charge is 0.394 e. The zero-order valence-electron chi connectivity index (χ0n) is 11.8. The van der Waals surface area contributed by atoms with Crippen molar-refractivity contribution in [3.05, 3.63) is 12.7 Å². The van der Waals surface area contributed by atoms with Crippen molar-refractivity contribution < 1.29 is 42.7 Å². The normalized spacial score (nSPS) is 27.0. The quantitative estimate of drug-likeness (QED) is 0.304. The summed E-state index contributed by atoms with van der Waals surface area (Å²) < 4.78 is 38.3. The molecule has 3 rings (SSSR count). The lowest BCUT2D eigenvalue weighted by Crippen LogP contribution is -2.33. The Balaban J connectivity index is 0.000000368. The summed E-state index contributed by atoms with van der Waals surface area (Å²) in [4.78, 5) is 11.5. The van der Waals surface area contributed by atoms with Crippen LogP contribution >= 0.6 is 0 Å². The summed E-state index contributed by atoms with van der Waals surface area (Å²) in [7, 11) is -4.67. The van der Waals surface area contributed by atoms with Gasteiger partial charge in [-0.05, 0) is 0 Å². The fraction of sp³-hybridized carbons (Fsp3) is 0.500. The summed E-state index contributed by atoms with van der Waals surface area (Å²) in [6, 6.07) is 0. The average molecular weight is 366 g/mol. The van der Waals surface area contributed by atoms with Crippen molar-refractivity contribution in [1.29, 1.82) is 0 Å². The van der Waals surface area contributed by atoms with Crippen LogP contribution in [0.25, 0.3) is 11.2 Å².